The molecule has 4 heteroatoms. The molecule has 0 radical (unpaired) electrons. The summed E-state index contributed by atoms with van der Waals surface area (Å²) in [5.74, 6) is 0. The molecule has 0 atom stereocenters. The zero-order valence-electron chi connectivity index (χ0n) is 10.6. The monoisotopic (exact) mass is 251 g/mol. The lowest BCUT2D eigenvalue weighted by molar-refractivity contribution is 0.549. The standard InChI is InChI=1S/C13H17NO2S/c1-13(2,3)12-9-10-7-5-6-8-11(10)14(12)17(4,15)16/h5-9H,1-4H3. The summed E-state index contributed by atoms with van der Waals surface area (Å²) < 4.78 is 25.3. The molecular weight excluding hydrogens is 234 g/mol. The summed E-state index contributed by atoms with van der Waals surface area (Å²) in [5, 5.41) is 0.961. The van der Waals surface area contributed by atoms with Gasteiger partial charge in [-0.2, -0.15) is 0 Å². The van der Waals surface area contributed by atoms with Crippen LogP contribution in [-0.2, 0) is 15.4 Å². The van der Waals surface area contributed by atoms with E-state index in [2.05, 4.69) is 0 Å². The van der Waals surface area contributed by atoms with Gasteiger partial charge in [0.05, 0.1) is 11.8 Å². The van der Waals surface area contributed by atoms with Gasteiger partial charge in [0.1, 0.15) is 0 Å². The van der Waals surface area contributed by atoms with Crippen molar-refractivity contribution >= 4 is 20.9 Å². The average Bonchev–Trinajstić information content (AvgIpc) is 2.54. The van der Waals surface area contributed by atoms with Crippen LogP contribution in [0.4, 0.5) is 0 Å². The van der Waals surface area contributed by atoms with Gasteiger partial charge in [0.15, 0.2) is 0 Å². The van der Waals surface area contributed by atoms with Crippen molar-refractivity contribution in [1.82, 2.24) is 3.97 Å². The molecule has 0 bridgehead atoms. The highest BCUT2D eigenvalue weighted by Gasteiger charge is 2.24. The highest BCUT2D eigenvalue weighted by Crippen LogP contribution is 2.30. The van der Waals surface area contributed by atoms with Crippen LogP contribution in [0, 0.1) is 0 Å². The normalized spacial score (nSPS) is 13.2. The molecule has 0 saturated carbocycles. The van der Waals surface area contributed by atoms with Gasteiger partial charge in [-0.15, -0.1) is 0 Å². The average molecular weight is 251 g/mol. The van der Waals surface area contributed by atoms with Gasteiger partial charge < -0.3 is 0 Å². The Balaban J connectivity index is 2.94. The number of hydrogen-bond acceptors (Lipinski definition) is 2. The number of para-hydroxylation sites is 1. The molecule has 2 aromatic rings. The molecule has 0 amide bonds. The summed E-state index contributed by atoms with van der Waals surface area (Å²) in [6, 6.07) is 9.51. The first kappa shape index (κ1) is 12.2. The first-order valence-electron chi connectivity index (χ1n) is 5.53. The molecule has 0 unspecified atom stereocenters. The van der Waals surface area contributed by atoms with Crippen LogP contribution in [0.25, 0.3) is 10.9 Å². The fourth-order valence-electron chi connectivity index (χ4n) is 2.01. The number of hydrogen-bond donors (Lipinski definition) is 0. The SMILES string of the molecule is CC(C)(C)c1cc2ccccc2n1S(C)(=O)=O. The molecule has 0 spiro atoms. The summed E-state index contributed by atoms with van der Waals surface area (Å²) in [6.07, 6.45) is 1.24. The van der Waals surface area contributed by atoms with Crippen molar-refractivity contribution in [3.63, 3.8) is 0 Å². The number of rotatable bonds is 1. The van der Waals surface area contributed by atoms with Crippen LogP contribution in [0.1, 0.15) is 26.5 Å². The van der Waals surface area contributed by atoms with E-state index in [1.54, 1.807) is 0 Å². The minimum absolute atomic E-state index is 0.206. The minimum atomic E-state index is -3.28. The first-order chi connectivity index (χ1) is 7.71. The van der Waals surface area contributed by atoms with Gasteiger partial charge >= 0.3 is 0 Å². The third-order valence-electron chi connectivity index (χ3n) is 2.77. The largest absolute Gasteiger partial charge is 0.242 e. The van der Waals surface area contributed by atoms with Crippen molar-refractivity contribution in [2.75, 3.05) is 6.26 Å². The van der Waals surface area contributed by atoms with Gasteiger partial charge in [0, 0.05) is 16.5 Å². The van der Waals surface area contributed by atoms with Crippen molar-refractivity contribution < 1.29 is 8.42 Å². The van der Waals surface area contributed by atoms with Gasteiger partial charge in [0.2, 0.25) is 10.0 Å². The van der Waals surface area contributed by atoms with E-state index in [9.17, 15) is 8.42 Å². The summed E-state index contributed by atoms with van der Waals surface area (Å²) in [4.78, 5) is 0. The predicted molar refractivity (Wildman–Crippen MR) is 70.9 cm³/mol. The summed E-state index contributed by atoms with van der Waals surface area (Å²) in [7, 11) is -3.28. The molecule has 0 fully saturated rings. The maximum absolute atomic E-state index is 11.9. The Morgan fingerprint density at radius 3 is 2.24 bits per heavy atom. The van der Waals surface area contributed by atoms with Gasteiger partial charge in [-0.05, 0) is 12.1 Å². The summed E-state index contributed by atoms with van der Waals surface area (Å²) in [6.45, 7) is 6.05. The van der Waals surface area contributed by atoms with E-state index in [-0.39, 0.29) is 5.41 Å². The second-order valence-corrected chi connectivity index (χ2v) is 7.20. The van der Waals surface area contributed by atoms with E-state index in [1.807, 2.05) is 51.1 Å². The third kappa shape index (κ3) is 2.09. The molecule has 0 aliphatic rings. The molecule has 17 heavy (non-hydrogen) atoms. The van der Waals surface area contributed by atoms with Crippen LogP contribution in [0.3, 0.4) is 0 Å². The second-order valence-electron chi connectivity index (χ2n) is 5.37. The highest BCUT2D eigenvalue weighted by molar-refractivity contribution is 7.89. The lowest BCUT2D eigenvalue weighted by atomic mass is 9.92. The zero-order valence-corrected chi connectivity index (χ0v) is 11.4. The number of benzene rings is 1. The quantitative estimate of drug-likeness (QED) is 0.781. The van der Waals surface area contributed by atoms with Crippen LogP contribution < -0.4 is 0 Å². The van der Waals surface area contributed by atoms with Crippen molar-refractivity contribution in [3.05, 3.63) is 36.0 Å². The van der Waals surface area contributed by atoms with Crippen molar-refractivity contribution in [3.8, 4) is 0 Å². The van der Waals surface area contributed by atoms with E-state index in [1.165, 1.54) is 10.2 Å². The molecule has 2 rings (SSSR count). The molecule has 92 valence electrons. The van der Waals surface area contributed by atoms with Crippen LogP contribution in [0.15, 0.2) is 30.3 Å². The fraction of sp³-hybridized carbons (Fsp3) is 0.385. The van der Waals surface area contributed by atoms with E-state index in [0.29, 0.717) is 0 Å². The Bertz CT molecular complexity index is 660. The van der Waals surface area contributed by atoms with Crippen LogP contribution in [0.5, 0.6) is 0 Å². The van der Waals surface area contributed by atoms with Gasteiger partial charge in [-0.1, -0.05) is 39.0 Å². The Hall–Kier alpha value is -1.29. The van der Waals surface area contributed by atoms with Gasteiger partial charge in [0.25, 0.3) is 0 Å². The van der Waals surface area contributed by atoms with Gasteiger partial charge in [-0.3, -0.25) is 0 Å². The lowest BCUT2D eigenvalue weighted by Gasteiger charge is -2.20. The Labute approximate surface area is 102 Å². The van der Waals surface area contributed by atoms with E-state index in [0.717, 1.165) is 16.6 Å². The zero-order chi connectivity index (χ0) is 12.8. The number of aromatic nitrogens is 1. The first-order valence-corrected chi connectivity index (χ1v) is 7.37. The highest BCUT2D eigenvalue weighted by atomic mass is 32.2. The molecule has 0 N–H and O–H groups in total. The molecule has 1 aromatic heterocycles. The molecule has 3 nitrogen and oxygen atoms in total. The van der Waals surface area contributed by atoms with E-state index >= 15 is 0 Å². The van der Waals surface area contributed by atoms with Crippen molar-refractivity contribution in [2.45, 2.75) is 26.2 Å². The van der Waals surface area contributed by atoms with Crippen LogP contribution in [-0.4, -0.2) is 18.6 Å². The molecule has 1 aromatic carbocycles. The third-order valence-corrected chi connectivity index (χ3v) is 3.82. The van der Waals surface area contributed by atoms with E-state index in [4.69, 9.17) is 0 Å². The molecule has 0 aliphatic carbocycles. The molecule has 0 saturated heterocycles. The summed E-state index contributed by atoms with van der Waals surface area (Å²) >= 11 is 0. The molecular formula is C13H17NO2S. The van der Waals surface area contributed by atoms with Crippen LogP contribution in [0.2, 0.25) is 0 Å². The lowest BCUT2D eigenvalue weighted by Crippen LogP contribution is -2.22. The maximum atomic E-state index is 11.9. The van der Waals surface area contributed by atoms with Crippen molar-refractivity contribution in [2.24, 2.45) is 0 Å². The topological polar surface area (TPSA) is 39.1 Å². The Morgan fingerprint density at radius 1 is 1.12 bits per heavy atom. The molecule has 0 aliphatic heterocycles. The maximum Gasteiger partial charge on any atom is 0.236 e. The predicted octanol–water partition coefficient (Wildman–Crippen LogP) is 2.75. The van der Waals surface area contributed by atoms with Crippen LogP contribution >= 0.6 is 0 Å². The Morgan fingerprint density at radius 2 is 1.71 bits per heavy atom. The number of nitrogens with zero attached hydrogens (tertiary/aromatic N) is 1. The Kier molecular flexibility index (Phi) is 2.58. The van der Waals surface area contributed by atoms with Crippen molar-refractivity contribution in [1.29, 1.82) is 0 Å². The van der Waals surface area contributed by atoms with E-state index < -0.39 is 10.0 Å². The molecule has 1 heterocycles. The smallest absolute Gasteiger partial charge is 0.236 e. The fourth-order valence-corrected chi connectivity index (χ4v) is 3.22. The number of fused-ring (bicyclic) bond motifs is 1. The minimum Gasteiger partial charge on any atom is -0.242 e. The summed E-state index contributed by atoms with van der Waals surface area (Å²) in [5.41, 5.74) is 1.36. The van der Waals surface area contributed by atoms with Gasteiger partial charge in [-0.25, -0.2) is 12.4 Å². The second kappa shape index (κ2) is 3.60.